The number of aliphatic imine (C=N–C) groups is 1. The topological polar surface area (TPSA) is 46.1 Å². The maximum absolute atomic E-state index is 5.83. The van der Waals surface area contributed by atoms with E-state index in [1.54, 1.807) is 0 Å². The van der Waals surface area contributed by atoms with E-state index in [1.165, 1.54) is 38.8 Å². The van der Waals surface area contributed by atoms with Crippen LogP contribution in [0.3, 0.4) is 0 Å². The van der Waals surface area contributed by atoms with Crippen molar-refractivity contribution in [2.45, 2.75) is 51.0 Å². The van der Waals surface area contributed by atoms with Gasteiger partial charge in [0.1, 0.15) is 0 Å². The first-order valence-electron chi connectivity index (χ1n) is 9.42. The third-order valence-electron chi connectivity index (χ3n) is 5.96. The summed E-state index contributed by atoms with van der Waals surface area (Å²) in [7, 11) is 1.82. The Morgan fingerprint density at radius 3 is 2.43 bits per heavy atom. The van der Waals surface area contributed by atoms with Crippen LogP contribution in [0.5, 0.6) is 0 Å². The van der Waals surface area contributed by atoms with Crippen LogP contribution in [0.1, 0.15) is 45.4 Å². The molecule has 2 aliphatic heterocycles. The number of guanidine groups is 1. The zero-order valence-electron chi connectivity index (χ0n) is 14.9. The van der Waals surface area contributed by atoms with Crippen molar-refractivity contribution in [3.05, 3.63) is 0 Å². The van der Waals surface area contributed by atoms with E-state index in [4.69, 9.17) is 14.5 Å². The summed E-state index contributed by atoms with van der Waals surface area (Å²) >= 11 is 0. The molecule has 2 unspecified atom stereocenters. The summed E-state index contributed by atoms with van der Waals surface area (Å²) < 4.78 is 11.3. The van der Waals surface area contributed by atoms with Gasteiger partial charge in [-0.15, -0.1) is 0 Å². The first kappa shape index (κ1) is 17.0. The molecule has 2 heterocycles. The smallest absolute Gasteiger partial charge is 0.194 e. The van der Waals surface area contributed by atoms with Crippen LogP contribution in [-0.2, 0) is 9.47 Å². The van der Waals surface area contributed by atoms with Crippen LogP contribution in [0.25, 0.3) is 0 Å². The number of fused-ring (bicyclic) bond motifs is 1. The predicted octanol–water partition coefficient (Wildman–Crippen LogP) is 2.27. The fraction of sp³-hybridized carbons (Fsp3) is 0.944. The molecule has 5 nitrogen and oxygen atoms in total. The lowest BCUT2D eigenvalue weighted by atomic mass is 9.82. The number of ether oxygens (including phenoxy) is 2. The molecular formula is C18H33N3O2. The Hall–Kier alpha value is -0.810. The zero-order valence-corrected chi connectivity index (χ0v) is 14.9. The monoisotopic (exact) mass is 323 g/mol. The third-order valence-corrected chi connectivity index (χ3v) is 5.96. The second kappa shape index (κ2) is 7.84. The number of hydrogen-bond donors (Lipinski definition) is 1. The van der Waals surface area contributed by atoms with Crippen molar-refractivity contribution in [1.29, 1.82) is 0 Å². The van der Waals surface area contributed by atoms with Crippen LogP contribution in [0.4, 0.5) is 0 Å². The van der Waals surface area contributed by atoms with Crippen molar-refractivity contribution in [2.24, 2.45) is 16.8 Å². The van der Waals surface area contributed by atoms with Gasteiger partial charge in [-0.3, -0.25) is 4.99 Å². The van der Waals surface area contributed by atoms with Gasteiger partial charge in [0, 0.05) is 52.8 Å². The van der Waals surface area contributed by atoms with Crippen LogP contribution >= 0.6 is 0 Å². The van der Waals surface area contributed by atoms with E-state index in [9.17, 15) is 0 Å². The van der Waals surface area contributed by atoms with E-state index in [-0.39, 0.29) is 5.60 Å². The second-order valence-electron chi connectivity index (χ2n) is 7.38. The Bertz CT molecular complexity index is 393. The number of rotatable bonds is 4. The molecule has 132 valence electrons. The molecule has 1 saturated carbocycles. The lowest BCUT2D eigenvalue weighted by Crippen LogP contribution is -2.44. The zero-order chi connectivity index (χ0) is 16.1. The van der Waals surface area contributed by atoms with Crippen LogP contribution in [0.15, 0.2) is 4.99 Å². The van der Waals surface area contributed by atoms with E-state index in [0.29, 0.717) is 0 Å². The summed E-state index contributed by atoms with van der Waals surface area (Å²) in [4.78, 5) is 7.46. The van der Waals surface area contributed by atoms with Crippen LogP contribution in [-0.4, -0.2) is 63.0 Å². The van der Waals surface area contributed by atoms with Gasteiger partial charge in [0.15, 0.2) is 5.96 Å². The van der Waals surface area contributed by atoms with Gasteiger partial charge in [0.25, 0.3) is 0 Å². The van der Waals surface area contributed by atoms with Crippen molar-refractivity contribution in [3.8, 4) is 0 Å². The van der Waals surface area contributed by atoms with Crippen LogP contribution < -0.4 is 5.32 Å². The standard InChI is InChI=1S/C18H33N3O2/c1-3-19-17(20-14-18(22-2)8-10-23-11-9-18)21-12-15-6-4-5-7-16(15)13-21/h15-16H,3-14H2,1-2H3,(H,19,20). The van der Waals surface area contributed by atoms with Gasteiger partial charge in [0.2, 0.25) is 0 Å². The molecule has 0 aromatic carbocycles. The minimum absolute atomic E-state index is 0.134. The van der Waals surface area contributed by atoms with E-state index in [1.807, 2.05) is 7.11 Å². The normalized spacial score (nSPS) is 31.0. The molecule has 5 heteroatoms. The molecule has 1 N–H and O–H groups in total. The largest absolute Gasteiger partial charge is 0.381 e. The van der Waals surface area contributed by atoms with Gasteiger partial charge in [-0.05, 0) is 31.6 Å². The number of nitrogens with zero attached hydrogens (tertiary/aromatic N) is 2. The Morgan fingerprint density at radius 2 is 1.87 bits per heavy atom. The SMILES string of the molecule is CCNC(=NCC1(OC)CCOCC1)N1CC2CCCCC2C1. The average Bonchev–Trinajstić information content (AvgIpc) is 3.03. The van der Waals surface area contributed by atoms with Crippen LogP contribution in [0, 0.1) is 11.8 Å². The summed E-state index contributed by atoms with van der Waals surface area (Å²) in [6, 6.07) is 0. The van der Waals surface area contributed by atoms with E-state index < -0.39 is 0 Å². The summed E-state index contributed by atoms with van der Waals surface area (Å²) in [6.45, 7) is 7.74. The molecule has 3 fully saturated rings. The van der Waals surface area contributed by atoms with Crippen molar-refractivity contribution in [3.63, 3.8) is 0 Å². The molecule has 0 amide bonds. The molecule has 2 saturated heterocycles. The lowest BCUT2D eigenvalue weighted by molar-refractivity contribution is -0.0829. The number of nitrogens with one attached hydrogen (secondary N) is 1. The number of likely N-dealkylation sites (tertiary alicyclic amines) is 1. The fourth-order valence-electron chi connectivity index (χ4n) is 4.39. The van der Waals surface area contributed by atoms with Gasteiger partial charge >= 0.3 is 0 Å². The maximum Gasteiger partial charge on any atom is 0.194 e. The van der Waals surface area contributed by atoms with Crippen molar-refractivity contribution >= 4 is 5.96 Å². The minimum atomic E-state index is -0.134. The van der Waals surface area contributed by atoms with E-state index in [2.05, 4.69) is 17.1 Å². The average molecular weight is 323 g/mol. The Balaban J connectivity index is 1.65. The van der Waals surface area contributed by atoms with Gasteiger partial charge in [-0.1, -0.05) is 12.8 Å². The lowest BCUT2D eigenvalue weighted by Gasteiger charge is -2.35. The summed E-state index contributed by atoms with van der Waals surface area (Å²) in [5, 5.41) is 3.50. The van der Waals surface area contributed by atoms with E-state index >= 15 is 0 Å². The van der Waals surface area contributed by atoms with Crippen LogP contribution in [0.2, 0.25) is 0 Å². The molecule has 0 radical (unpaired) electrons. The third kappa shape index (κ3) is 4.00. The molecular weight excluding hydrogens is 290 g/mol. The van der Waals surface area contributed by atoms with Crippen molar-refractivity contribution < 1.29 is 9.47 Å². The highest BCUT2D eigenvalue weighted by molar-refractivity contribution is 5.80. The first-order chi connectivity index (χ1) is 11.3. The van der Waals surface area contributed by atoms with Gasteiger partial charge in [0.05, 0.1) is 12.1 Å². The molecule has 3 aliphatic rings. The van der Waals surface area contributed by atoms with E-state index in [0.717, 1.165) is 56.9 Å². The molecule has 1 aliphatic carbocycles. The Labute approximate surface area is 140 Å². The molecule has 0 bridgehead atoms. The first-order valence-corrected chi connectivity index (χ1v) is 9.42. The molecule has 2 atom stereocenters. The highest BCUT2D eigenvalue weighted by atomic mass is 16.5. The predicted molar refractivity (Wildman–Crippen MR) is 92.8 cm³/mol. The summed E-state index contributed by atoms with van der Waals surface area (Å²) in [6.07, 6.45) is 7.51. The summed E-state index contributed by atoms with van der Waals surface area (Å²) in [5.41, 5.74) is -0.134. The molecule has 0 spiro atoms. The van der Waals surface area contributed by atoms with Gasteiger partial charge < -0.3 is 19.7 Å². The quantitative estimate of drug-likeness (QED) is 0.637. The second-order valence-corrected chi connectivity index (χ2v) is 7.38. The highest BCUT2D eigenvalue weighted by Crippen LogP contribution is 2.36. The maximum atomic E-state index is 5.83. The highest BCUT2D eigenvalue weighted by Gasteiger charge is 2.36. The molecule has 23 heavy (non-hydrogen) atoms. The number of hydrogen-bond acceptors (Lipinski definition) is 3. The Kier molecular flexibility index (Phi) is 5.81. The van der Waals surface area contributed by atoms with Gasteiger partial charge in [-0.2, -0.15) is 0 Å². The molecule has 0 aromatic heterocycles. The number of methoxy groups -OCH3 is 1. The molecule has 0 aromatic rings. The Morgan fingerprint density at radius 1 is 1.22 bits per heavy atom. The van der Waals surface area contributed by atoms with Crippen molar-refractivity contribution in [1.82, 2.24) is 10.2 Å². The summed E-state index contributed by atoms with van der Waals surface area (Å²) in [5.74, 6) is 2.85. The minimum Gasteiger partial charge on any atom is -0.381 e. The van der Waals surface area contributed by atoms with Crippen molar-refractivity contribution in [2.75, 3.05) is 46.5 Å². The molecule has 3 rings (SSSR count). The fourth-order valence-corrected chi connectivity index (χ4v) is 4.39. The van der Waals surface area contributed by atoms with Gasteiger partial charge in [-0.25, -0.2) is 0 Å².